The van der Waals surface area contributed by atoms with Crippen LogP contribution >= 0.6 is 23.4 Å². The van der Waals surface area contributed by atoms with Gasteiger partial charge in [0.15, 0.2) is 10.8 Å². The van der Waals surface area contributed by atoms with E-state index in [9.17, 15) is 4.79 Å². The van der Waals surface area contributed by atoms with Crippen LogP contribution in [0.25, 0.3) is 11.2 Å². The van der Waals surface area contributed by atoms with Crippen molar-refractivity contribution in [3.63, 3.8) is 0 Å². The number of hydrogen-bond acceptors (Lipinski definition) is 5. The van der Waals surface area contributed by atoms with Gasteiger partial charge in [-0.05, 0) is 12.1 Å². The molecule has 0 bridgehead atoms. The maximum Gasteiger partial charge on any atom is 0.274 e. The number of piperazine rings is 1. The SMILES string of the molecule is O=C(CSc1nc2ncc(Cl)cc2[nH]1)N1CCN(c2cccc[nH+]2)CC1. The number of imidazole rings is 1. The summed E-state index contributed by atoms with van der Waals surface area (Å²) in [6, 6.07) is 7.80. The maximum atomic E-state index is 12.5. The zero-order valence-corrected chi connectivity index (χ0v) is 15.6. The van der Waals surface area contributed by atoms with Gasteiger partial charge in [-0.2, -0.15) is 0 Å². The minimum Gasteiger partial charge on any atom is -0.334 e. The number of aromatic amines is 2. The summed E-state index contributed by atoms with van der Waals surface area (Å²) in [5.41, 5.74) is 1.39. The molecule has 0 aromatic carbocycles. The lowest BCUT2D eigenvalue weighted by atomic mass is 10.3. The summed E-state index contributed by atoms with van der Waals surface area (Å²) in [4.78, 5) is 31.6. The van der Waals surface area contributed by atoms with Crippen LogP contribution < -0.4 is 9.88 Å². The van der Waals surface area contributed by atoms with Crippen LogP contribution in [0.3, 0.4) is 0 Å². The van der Waals surface area contributed by atoms with Crippen molar-refractivity contribution in [3.8, 4) is 0 Å². The highest BCUT2D eigenvalue weighted by atomic mass is 35.5. The average Bonchev–Trinajstić information content (AvgIpc) is 3.09. The number of carbonyl (C=O) groups is 1. The van der Waals surface area contributed by atoms with Gasteiger partial charge in [0.2, 0.25) is 5.91 Å². The van der Waals surface area contributed by atoms with E-state index in [0.717, 1.165) is 37.5 Å². The maximum absolute atomic E-state index is 12.5. The van der Waals surface area contributed by atoms with Crippen molar-refractivity contribution in [2.24, 2.45) is 0 Å². The van der Waals surface area contributed by atoms with Gasteiger partial charge in [-0.15, -0.1) is 0 Å². The van der Waals surface area contributed by atoms with Gasteiger partial charge < -0.3 is 9.88 Å². The zero-order chi connectivity index (χ0) is 17.9. The number of H-pyrrole nitrogens is 2. The van der Waals surface area contributed by atoms with Crippen molar-refractivity contribution < 1.29 is 9.78 Å². The van der Waals surface area contributed by atoms with Gasteiger partial charge in [0.25, 0.3) is 5.82 Å². The molecule has 7 nitrogen and oxygen atoms in total. The number of amides is 1. The first-order valence-corrected chi connectivity index (χ1v) is 9.69. The third-order valence-electron chi connectivity index (χ3n) is 4.28. The molecule has 1 amide bonds. The van der Waals surface area contributed by atoms with Crippen molar-refractivity contribution in [2.75, 3.05) is 36.8 Å². The van der Waals surface area contributed by atoms with Crippen LogP contribution in [-0.4, -0.2) is 57.7 Å². The predicted octanol–water partition coefficient (Wildman–Crippen LogP) is 1.87. The summed E-state index contributed by atoms with van der Waals surface area (Å²) in [6.45, 7) is 3.09. The van der Waals surface area contributed by atoms with E-state index in [1.54, 1.807) is 12.3 Å². The molecule has 0 unspecified atom stereocenters. The first-order valence-electron chi connectivity index (χ1n) is 8.32. The number of anilines is 1. The van der Waals surface area contributed by atoms with E-state index >= 15 is 0 Å². The van der Waals surface area contributed by atoms with Crippen LogP contribution in [0, 0.1) is 0 Å². The number of nitrogens with one attached hydrogen (secondary N) is 2. The van der Waals surface area contributed by atoms with E-state index < -0.39 is 0 Å². The summed E-state index contributed by atoms with van der Waals surface area (Å²) in [6.07, 6.45) is 3.48. The third-order valence-corrected chi connectivity index (χ3v) is 5.35. The van der Waals surface area contributed by atoms with Crippen LogP contribution in [-0.2, 0) is 4.79 Å². The molecule has 1 aliphatic heterocycles. The highest BCUT2D eigenvalue weighted by Gasteiger charge is 2.26. The van der Waals surface area contributed by atoms with Gasteiger partial charge in [-0.1, -0.05) is 29.4 Å². The van der Waals surface area contributed by atoms with E-state index in [-0.39, 0.29) is 5.91 Å². The number of hydrogen-bond donors (Lipinski definition) is 1. The first kappa shape index (κ1) is 17.1. The molecule has 0 saturated carbocycles. The number of pyridine rings is 2. The average molecular weight is 390 g/mol. The lowest BCUT2D eigenvalue weighted by Crippen LogP contribution is -2.50. The second kappa shape index (κ2) is 7.51. The molecule has 1 aliphatic rings. The molecular formula is C17H18ClN6OS+. The number of fused-ring (bicyclic) bond motifs is 1. The Morgan fingerprint density at radius 3 is 2.92 bits per heavy atom. The van der Waals surface area contributed by atoms with Crippen molar-refractivity contribution in [1.29, 1.82) is 0 Å². The van der Waals surface area contributed by atoms with Gasteiger partial charge in [0.1, 0.15) is 13.1 Å². The van der Waals surface area contributed by atoms with E-state index in [4.69, 9.17) is 11.6 Å². The van der Waals surface area contributed by atoms with Crippen LogP contribution in [0.2, 0.25) is 5.02 Å². The molecule has 1 saturated heterocycles. The molecule has 0 atom stereocenters. The summed E-state index contributed by atoms with van der Waals surface area (Å²) in [5, 5.41) is 1.24. The lowest BCUT2D eigenvalue weighted by Gasteiger charge is -2.30. The Kier molecular flexibility index (Phi) is 4.94. The Labute approximate surface area is 159 Å². The normalized spacial score (nSPS) is 14.8. The summed E-state index contributed by atoms with van der Waals surface area (Å²) >= 11 is 7.32. The zero-order valence-electron chi connectivity index (χ0n) is 14.0. The molecule has 0 radical (unpaired) electrons. The monoisotopic (exact) mass is 389 g/mol. The van der Waals surface area contributed by atoms with Crippen LogP contribution in [0.15, 0.2) is 41.8 Å². The van der Waals surface area contributed by atoms with Crippen molar-refractivity contribution >= 4 is 46.3 Å². The molecule has 2 N–H and O–H groups in total. The molecule has 4 rings (SSSR count). The minimum atomic E-state index is 0.123. The molecule has 3 aromatic rings. The third kappa shape index (κ3) is 3.76. The van der Waals surface area contributed by atoms with Crippen molar-refractivity contribution in [3.05, 3.63) is 41.7 Å². The van der Waals surface area contributed by atoms with Gasteiger partial charge in [-0.25, -0.2) is 15.0 Å². The summed E-state index contributed by atoms with van der Waals surface area (Å²) in [5.74, 6) is 1.56. The quantitative estimate of drug-likeness (QED) is 0.689. The first-order chi connectivity index (χ1) is 12.7. The highest BCUT2D eigenvalue weighted by Crippen LogP contribution is 2.21. The van der Waals surface area contributed by atoms with E-state index in [2.05, 4.69) is 30.9 Å². The van der Waals surface area contributed by atoms with Crippen LogP contribution in [0.4, 0.5) is 5.82 Å². The number of rotatable bonds is 4. The molecule has 9 heteroatoms. The fraction of sp³-hybridized carbons (Fsp3) is 0.294. The fourth-order valence-corrected chi connectivity index (χ4v) is 3.85. The molecule has 3 aromatic heterocycles. The van der Waals surface area contributed by atoms with Crippen molar-refractivity contribution in [2.45, 2.75) is 5.16 Å². The fourth-order valence-electron chi connectivity index (χ4n) is 2.92. The Morgan fingerprint density at radius 2 is 2.15 bits per heavy atom. The highest BCUT2D eigenvalue weighted by molar-refractivity contribution is 7.99. The minimum absolute atomic E-state index is 0.123. The second-order valence-electron chi connectivity index (χ2n) is 5.97. The van der Waals surface area contributed by atoms with E-state index in [0.29, 0.717) is 21.6 Å². The van der Waals surface area contributed by atoms with Crippen molar-refractivity contribution in [1.82, 2.24) is 19.9 Å². The summed E-state index contributed by atoms with van der Waals surface area (Å²) < 4.78 is 0. The predicted molar refractivity (Wildman–Crippen MR) is 101 cm³/mol. The second-order valence-corrected chi connectivity index (χ2v) is 7.37. The van der Waals surface area contributed by atoms with Crippen LogP contribution in [0.5, 0.6) is 0 Å². The van der Waals surface area contributed by atoms with Gasteiger partial charge in [-0.3, -0.25) is 9.69 Å². The van der Waals surface area contributed by atoms with E-state index in [1.807, 2.05) is 23.2 Å². The van der Waals surface area contributed by atoms with Gasteiger partial charge >= 0.3 is 0 Å². The molecule has 134 valence electrons. The lowest BCUT2D eigenvalue weighted by molar-refractivity contribution is -0.364. The topological polar surface area (TPSA) is 79.3 Å². The van der Waals surface area contributed by atoms with Gasteiger partial charge in [0.05, 0.1) is 35.6 Å². The molecule has 4 heterocycles. The van der Waals surface area contributed by atoms with Crippen LogP contribution in [0.1, 0.15) is 0 Å². The smallest absolute Gasteiger partial charge is 0.274 e. The molecule has 1 fully saturated rings. The number of thioether (sulfide) groups is 1. The molecule has 26 heavy (non-hydrogen) atoms. The van der Waals surface area contributed by atoms with E-state index in [1.165, 1.54) is 11.8 Å². The Morgan fingerprint density at radius 1 is 1.31 bits per heavy atom. The summed E-state index contributed by atoms with van der Waals surface area (Å²) in [7, 11) is 0. The molecular weight excluding hydrogens is 372 g/mol. The van der Waals surface area contributed by atoms with Gasteiger partial charge in [0, 0.05) is 12.3 Å². The Hall–Kier alpha value is -2.32. The number of nitrogens with zero attached hydrogens (tertiary/aromatic N) is 4. The number of aromatic nitrogens is 4. The Balaban J connectivity index is 1.31. The largest absolute Gasteiger partial charge is 0.334 e. The number of halogens is 1. The molecule has 0 spiro atoms. The Bertz CT molecular complexity index is 910. The molecule has 0 aliphatic carbocycles. The number of carbonyl (C=O) groups excluding carboxylic acids is 1. The standard InChI is InChI=1S/C17H17ClN6OS/c18-12-9-13-16(20-10-12)22-17(21-13)26-11-15(25)24-7-5-23(6-8-24)14-3-1-2-4-19-14/h1-4,9-10H,5-8,11H2,(H,20,21,22)/p+1.